The Kier molecular flexibility index (Phi) is 2.95. The number of rotatable bonds is 2. The topological polar surface area (TPSA) is 53.4 Å². The van der Waals surface area contributed by atoms with Crippen molar-refractivity contribution in [1.82, 2.24) is 4.98 Å². The second-order valence-electron chi connectivity index (χ2n) is 3.15. The van der Waals surface area contributed by atoms with Gasteiger partial charge in [-0.15, -0.1) is 11.8 Å². The summed E-state index contributed by atoms with van der Waals surface area (Å²) in [4.78, 5) is 4.88. The van der Waals surface area contributed by atoms with Gasteiger partial charge in [-0.25, -0.2) is 0 Å². The van der Waals surface area contributed by atoms with Gasteiger partial charge in [0.25, 0.3) is 0 Å². The molecule has 0 aliphatic rings. The molecule has 0 saturated carbocycles. The van der Waals surface area contributed by atoms with Crippen LogP contribution in [0.2, 0.25) is 0 Å². The molecule has 0 saturated heterocycles. The number of nitrogens with zero attached hydrogens (tertiary/aromatic N) is 1. The highest BCUT2D eigenvalue weighted by atomic mass is 32.2. The van der Waals surface area contributed by atoms with Crippen molar-refractivity contribution >= 4 is 35.1 Å². The first-order chi connectivity index (χ1) is 7.24. The van der Waals surface area contributed by atoms with Gasteiger partial charge in [0.2, 0.25) is 0 Å². The quantitative estimate of drug-likeness (QED) is 0.574. The molecule has 0 atom stereocenters. The number of fused-ring (bicyclic) bond motifs is 1. The summed E-state index contributed by atoms with van der Waals surface area (Å²) in [6.07, 6.45) is 5.28. The lowest BCUT2D eigenvalue weighted by atomic mass is 9.77. The molecule has 0 aliphatic heterocycles. The number of hydrogen-bond donors (Lipinski definition) is 2. The van der Waals surface area contributed by atoms with Crippen molar-refractivity contribution in [2.75, 3.05) is 6.26 Å². The monoisotopic (exact) mass is 219 g/mol. The average molecular weight is 219 g/mol. The van der Waals surface area contributed by atoms with Crippen LogP contribution in [0.15, 0.2) is 35.5 Å². The van der Waals surface area contributed by atoms with E-state index in [4.69, 9.17) is 0 Å². The first kappa shape index (κ1) is 10.5. The van der Waals surface area contributed by atoms with Crippen LogP contribution in [0, 0.1) is 0 Å². The number of thioether (sulfide) groups is 1. The minimum Gasteiger partial charge on any atom is -0.423 e. The standard InChI is InChI=1S/C10H10BNO2S/c1-15-9-3-2-7-6-12-5-4-8(7)10(9)11(13)14/h2-6,13-14H,1H3. The molecule has 0 spiro atoms. The van der Waals surface area contributed by atoms with Gasteiger partial charge < -0.3 is 10.0 Å². The van der Waals surface area contributed by atoms with Crippen LogP contribution in [0.4, 0.5) is 0 Å². The van der Waals surface area contributed by atoms with Crippen LogP contribution in [-0.4, -0.2) is 28.4 Å². The Balaban J connectivity index is 2.79. The fourth-order valence-corrected chi connectivity index (χ4v) is 2.26. The minimum absolute atomic E-state index is 0.558. The number of benzene rings is 1. The lowest BCUT2D eigenvalue weighted by molar-refractivity contribution is 0.425. The Morgan fingerprint density at radius 3 is 2.73 bits per heavy atom. The molecule has 2 aromatic rings. The van der Waals surface area contributed by atoms with Gasteiger partial charge in [-0.2, -0.15) is 0 Å². The van der Waals surface area contributed by atoms with E-state index >= 15 is 0 Å². The summed E-state index contributed by atoms with van der Waals surface area (Å²) in [7, 11) is -1.45. The zero-order valence-corrected chi connectivity index (χ0v) is 9.03. The average Bonchev–Trinajstić information content (AvgIpc) is 2.27. The molecule has 0 radical (unpaired) electrons. The van der Waals surface area contributed by atoms with Gasteiger partial charge in [0.05, 0.1) is 0 Å². The van der Waals surface area contributed by atoms with Crippen LogP contribution in [0.3, 0.4) is 0 Å². The molecule has 0 amide bonds. The van der Waals surface area contributed by atoms with Crippen LogP contribution >= 0.6 is 11.8 Å². The van der Waals surface area contributed by atoms with Crippen molar-refractivity contribution in [2.45, 2.75) is 4.90 Å². The molecule has 0 fully saturated rings. The normalized spacial score (nSPS) is 10.6. The largest absolute Gasteiger partial charge is 0.490 e. The van der Waals surface area contributed by atoms with E-state index in [1.807, 2.05) is 18.4 Å². The molecule has 5 heteroatoms. The van der Waals surface area contributed by atoms with Gasteiger partial charge in [0, 0.05) is 22.8 Å². The van der Waals surface area contributed by atoms with Gasteiger partial charge in [0.15, 0.2) is 0 Å². The summed E-state index contributed by atoms with van der Waals surface area (Å²) >= 11 is 1.50. The SMILES string of the molecule is CSc1ccc2cnccc2c1B(O)O. The third-order valence-corrected chi connectivity index (χ3v) is 3.10. The van der Waals surface area contributed by atoms with Crippen LogP contribution < -0.4 is 5.46 Å². The molecule has 15 heavy (non-hydrogen) atoms. The molecule has 76 valence electrons. The molecule has 0 aliphatic carbocycles. The maximum absolute atomic E-state index is 9.36. The maximum Gasteiger partial charge on any atom is 0.490 e. The third kappa shape index (κ3) is 1.86. The summed E-state index contributed by atoms with van der Waals surface area (Å²) in [5.41, 5.74) is 0.558. The molecular weight excluding hydrogens is 209 g/mol. The molecule has 1 aromatic carbocycles. The summed E-state index contributed by atoms with van der Waals surface area (Å²) in [5.74, 6) is 0. The Labute approximate surface area is 92.3 Å². The first-order valence-electron chi connectivity index (χ1n) is 4.51. The van der Waals surface area contributed by atoms with Crippen LogP contribution in [0.25, 0.3) is 10.8 Å². The van der Waals surface area contributed by atoms with Gasteiger partial charge in [-0.3, -0.25) is 4.98 Å². The first-order valence-corrected chi connectivity index (χ1v) is 5.73. The van der Waals surface area contributed by atoms with E-state index in [1.54, 1.807) is 18.5 Å². The zero-order valence-electron chi connectivity index (χ0n) is 8.21. The van der Waals surface area contributed by atoms with E-state index in [2.05, 4.69) is 4.98 Å². The van der Waals surface area contributed by atoms with Crippen LogP contribution in [0.1, 0.15) is 0 Å². The van der Waals surface area contributed by atoms with Gasteiger partial charge >= 0.3 is 7.12 Å². The van der Waals surface area contributed by atoms with Crippen molar-refractivity contribution in [1.29, 1.82) is 0 Å². The molecule has 0 unspecified atom stereocenters. The predicted octanol–water partition coefficient (Wildman–Crippen LogP) is 0.636. The third-order valence-electron chi connectivity index (χ3n) is 2.30. The zero-order chi connectivity index (χ0) is 10.8. The van der Waals surface area contributed by atoms with E-state index in [0.717, 1.165) is 15.7 Å². The van der Waals surface area contributed by atoms with Crippen LogP contribution in [-0.2, 0) is 0 Å². The molecule has 0 bridgehead atoms. The van der Waals surface area contributed by atoms with E-state index < -0.39 is 7.12 Å². The van der Waals surface area contributed by atoms with Crippen LogP contribution in [0.5, 0.6) is 0 Å². The predicted molar refractivity (Wildman–Crippen MR) is 63.3 cm³/mol. The number of aromatic nitrogens is 1. The Hall–Kier alpha value is -1.04. The van der Waals surface area contributed by atoms with Crippen molar-refractivity contribution in [3.63, 3.8) is 0 Å². The smallest absolute Gasteiger partial charge is 0.423 e. The molecule has 2 N–H and O–H groups in total. The highest BCUT2D eigenvalue weighted by Gasteiger charge is 2.18. The fourth-order valence-electron chi connectivity index (χ4n) is 1.62. The fraction of sp³-hybridized carbons (Fsp3) is 0.100. The van der Waals surface area contributed by atoms with Crippen molar-refractivity contribution in [3.8, 4) is 0 Å². The van der Waals surface area contributed by atoms with Gasteiger partial charge in [-0.1, -0.05) is 6.07 Å². The molecule has 1 aromatic heterocycles. The molecular formula is C10H10BNO2S. The van der Waals surface area contributed by atoms with Crippen molar-refractivity contribution in [2.24, 2.45) is 0 Å². The van der Waals surface area contributed by atoms with E-state index in [0.29, 0.717) is 5.46 Å². The Morgan fingerprint density at radius 2 is 2.07 bits per heavy atom. The van der Waals surface area contributed by atoms with Gasteiger partial charge in [0.1, 0.15) is 0 Å². The van der Waals surface area contributed by atoms with Gasteiger partial charge in [-0.05, 0) is 29.2 Å². The van der Waals surface area contributed by atoms with E-state index in [1.165, 1.54) is 11.8 Å². The Morgan fingerprint density at radius 1 is 1.27 bits per heavy atom. The summed E-state index contributed by atoms with van der Waals surface area (Å²) < 4.78 is 0. The maximum atomic E-state index is 9.36. The lowest BCUT2D eigenvalue weighted by Crippen LogP contribution is -2.32. The summed E-state index contributed by atoms with van der Waals surface area (Å²) in [6.45, 7) is 0. The highest BCUT2D eigenvalue weighted by molar-refractivity contribution is 7.98. The second-order valence-corrected chi connectivity index (χ2v) is 4.00. The van der Waals surface area contributed by atoms with Crippen molar-refractivity contribution < 1.29 is 10.0 Å². The highest BCUT2D eigenvalue weighted by Crippen LogP contribution is 2.19. The number of pyridine rings is 1. The molecule has 2 rings (SSSR count). The summed E-state index contributed by atoms with van der Waals surface area (Å²) in [5, 5.41) is 20.5. The van der Waals surface area contributed by atoms with E-state index in [9.17, 15) is 10.0 Å². The second kappa shape index (κ2) is 4.22. The summed E-state index contributed by atoms with van der Waals surface area (Å²) in [6, 6.07) is 5.60. The molecule has 3 nitrogen and oxygen atoms in total. The lowest BCUT2D eigenvalue weighted by Gasteiger charge is -2.09. The minimum atomic E-state index is -1.45. The Bertz CT molecular complexity index is 490. The van der Waals surface area contributed by atoms with E-state index in [-0.39, 0.29) is 0 Å². The number of hydrogen-bond acceptors (Lipinski definition) is 4. The molecule has 1 heterocycles. The van der Waals surface area contributed by atoms with Crippen molar-refractivity contribution in [3.05, 3.63) is 30.6 Å².